The molecule has 0 aromatic rings. The summed E-state index contributed by atoms with van der Waals surface area (Å²) in [6.45, 7) is 2.63. The van der Waals surface area contributed by atoms with Gasteiger partial charge in [-0.25, -0.2) is 0 Å². The predicted molar refractivity (Wildman–Crippen MR) is 64.3 cm³/mol. The van der Waals surface area contributed by atoms with E-state index in [0.29, 0.717) is 18.6 Å². The number of amides is 1. The number of rotatable bonds is 4. The lowest BCUT2D eigenvalue weighted by Crippen LogP contribution is -2.56. The zero-order valence-corrected chi connectivity index (χ0v) is 10.2. The molecular formula is C12H23N3O. The van der Waals surface area contributed by atoms with Gasteiger partial charge in [0.05, 0.1) is 6.54 Å². The van der Waals surface area contributed by atoms with Gasteiger partial charge >= 0.3 is 0 Å². The molecule has 0 aromatic carbocycles. The van der Waals surface area contributed by atoms with Gasteiger partial charge in [0.2, 0.25) is 5.91 Å². The highest BCUT2D eigenvalue weighted by Gasteiger charge is 2.30. The van der Waals surface area contributed by atoms with E-state index in [4.69, 9.17) is 0 Å². The zero-order valence-electron chi connectivity index (χ0n) is 10.2. The third-order valence-electron chi connectivity index (χ3n) is 3.75. The number of hydrogen-bond donors (Lipinski definition) is 2. The van der Waals surface area contributed by atoms with Crippen LogP contribution >= 0.6 is 0 Å². The van der Waals surface area contributed by atoms with E-state index in [1.54, 1.807) is 0 Å². The van der Waals surface area contributed by atoms with E-state index in [1.807, 2.05) is 7.05 Å². The van der Waals surface area contributed by atoms with Crippen LogP contribution in [0.25, 0.3) is 0 Å². The summed E-state index contributed by atoms with van der Waals surface area (Å²) in [6, 6.07) is 1.01. The minimum absolute atomic E-state index is 0.208. The lowest BCUT2D eigenvalue weighted by Gasteiger charge is -2.36. The summed E-state index contributed by atoms with van der Waals surface area (Å²) in [6.07, 6.45) is 6.28. The molecule has 0 spiro atoms. The van der Waals surface area contributed by atoms with Crippen molar-refractivity contribution in [3.05, 3.63) is 0 Å². The second-order valence-electron chi connectivity index (χ2n) is 5.02. The first-order valence-electron chi connectivity index (χ1n) is 6.47. The average Bonchev–Trinajstić information content (AvgIpc) is 2.79. The van der Waals surface area contributed by atoms with Crippen LogP contribution in [0.5, 0.6) is 0 Å². The summed E-state index contributed by atoms with van der Waals surface area (Å²) in [5.74, 6) is 0.208. The number of hydrogen-bond acceptors (Lipinski definition) is 3. The summed E-state index contributed by atoms with van der Waals surface area (Å²) in [5, 5.41) is 6.23. The second-order valence-corrected chi connectivity index (χ2v) is 5.02. The lowest BCUT2D eigenvalue weighted by molar-refractivity contribution is -0.126. The number of nitrogens with zero attached hydrogens (tertiary/aromatic N) is 1. The molecule has 16 heavy (non-hydrogen) atoms. The molecule has 1 atom stereocenters. The molecule has 4 nitrogen and oxygen atoms in total. The van der Waals surface area contributed by atoms with Crippen LogP contribution in [-0.4, -0.2) is 49.6 Å². The van der Waals surface area contributed by atoms with Crippen molar-refractivity contribution in [2.24, 2.45) is 0 Å². The number of carbonyl (C=O) groups is 1. The summed E-state index contributed by atoms with van der Waals surface area (Å²) in [5.41, 5.74) is 0. The fourth-order valence-electron chi connectivity index (χ4n) is 2.88. The summed E-state index contributed by atoms with van der Waals surface area (Å²) < 4.78 is 0. The molecule has 2 rings (SSSR count). The molecule has 2 fully saturated rings. The van der Waals surface area contributed by atoms with Crippen molar-refractivity contribution < 1.29 is 4.79 Å². The van der Waals surface area contributed by atoms with Gasteiger partial charge < -0.3 is 10.6 Å². The van der Waals surface area contributed by atoms with E-state index in [1.165, 1.54) is 25.7 Å². The van der Waals surface area contributed by atoms with Gasteiger partial charge in [-0.1, -0.05) is 12.8 Å². The van der Waals surface area contributed by atoms with Crippen molar-refractivity contribution in [3.63, 3.8) is 0 Å². The van der Waals surface area contributed by atoms with E-state index < -0.39 is 0 Å². The Hall–Kier alpha value is -0.610. The smallest absolute Gasteiger partial charge is 0.234 e. The molecule has 4 heteroatoms. The minimum Gasteiger partial charge on any atom is -0.351 e. The van der Waals surface area contributed by atoms with Crippen molar-refractivity contribution in [3.8, 4) is 0 Å². The van der Waals surface area contributed by atoms with E-state index in [9.17, 15) is 4.79 Å². The number of piperazine rings is 1. The molecule has 0 bridgehead atoms. The summed E-state index contributed by atoms with van der Waals surface area (Å²) in [7, 11) is 1.96. The first-order valence-corrected chi connectivity index (χ1v) is 6.47. The molecule has 92 valence electrons. The van der Waals surface area contributed by atoms with E-state index in [2.05, 4.69) is 15.5 Å². The Bertz CT molecular complexity index is 238. The third-order valence-corrected chi connectivity index (χ3v) is 3.75. The van der Waals surface area contributed by atoms with Gasteiger partial charge in [0.1, 0.15) is 0 Å². The summed E-state index contributed by atoms with van der Waals surface area (Å²) >= 11 is 0. The Morgan fingerprint density at radius 2 is 2.19 bits per heavy atom. The van der Waals surface area contributed by atoms with Gasteiger partial charge in [-0.15, -0.1) is 0 Å². The highest BCUT2D eigenvalue weighted by Crippen LogP contribution is 2.24. The zero-order chi connectivity index (χ0) is 11.4. The predicted octanol–water partition coefficient (Wildman–Crippen LogP) is 0.339. The fourth-order valence-corrected chi connectivity index (χ4v) is 2.88. The summed E-state index contributed by atoms with van der Waals surface area (Å²) in [4.78, 5) is 14.0. The van der Waals surface area contributed by atoms with Crippen LogP contribution < -0.4 is 10.6 Å². The largest absolute Gasteiger partial charge is 0.351 e. The Kier molecular flexibility index (Phi) is 4.18. The molecule has 2 N–H and O–H groups in total. The van der Waals surface area contributed by atoms with Gasteiger partial charge in [-0.3, -0.25) is 9.69 Å². The number of carbonyl (C=O) groups excluding carboxylic acids is 1. The van der Waals surface area contributed by atoms with Gasteiger partial charge in [-0.05, 0) is 32.9 Å². The van der Waals surface area contributed by atoms with Crippen LogP contribution in [0.3, 0.4) is 0 Å². The standard InChI is InChI=1S/C12H23N3O/c1-13-7-6-10-8-15(9-12(16)14-10)11-4-2-3-5-11/h10-11,13H,2-9H2,1H3,(H,14,16). The monoisotopic (exact) mass is 225 g/mol. The Morgan fingerprint density at radius 3 is 2.88 bits per heavy atom. The van der Waals surface area contributed by atoms with Crippen molar-refractivity contribution in [1.29, 1.82) is 0 Å². The topological polar surface area (TPSA) is 44.4 Å². The van der Waals surface area contributed by atoms with E-state index in [0.717, 1.165) is 19.5 Å². The fraction of sp³-hybridized carbons (Fsp3) is 0.917. The van der Waals surface area contributed by atoms with Crippen LogP contribution in [-0.2, 0) is 4.79 Å². The lowest BCUT2D eigenvalue weighted by atomic mass is 10.1. The third kappa shape index (κ3) is 2.95. The molecule has 1 aliphatic carbocycles. The highest BCUT2D eigenvalue weighted by atomic mass is 16.2. The van der Waals surface area contributed by atoms with Crippen LogP contribution in [0.1, 0.15) is 32.1 Å². The van der Waals surface area contributed by atoms with Gasteiger partial charge in [0.25, 0.3) is 0 Å². The van der Waals surface area contributed by atoms with Crippen molar-refractivity contribution in [2.75, 3.05) is 26.7 Å². The maximum absolute atomic E-state index is 11.6. The molecule has 1 heterocycles. The van der Waals surface area contributed by atoms with Crippen LogP contribution in [0.15, 0.2) is 0 Å². The Labute approximate surface area is 97.8 Å². The number of nitrogens with one attached hydrogen (secondary N) is 2. The Balaban J connectivity index is 1.86. The molecule has 0 aromatic heterocycles. The molecule has 1 aliphatic heterocycles. The molecule has 2 aliphatic rings. The van der Waals surface area contributed by atoms with Crippen LogP contribution in [0.2, 0.25) is 0 Å². The molecule has 0 radical (unpaired) electrons. The van der Waals surface area contributed by atoms with Crippen molar-refractivity contribution in [1.82, 2.24) is 15.5 Å². The highest BCUT2D eigenvalue weighted by molar-refractivity contribution is 5.79. The average molecular weight is 225 g/mol. The first-order chi connectivity index (χ1) is 7.79. The molecule has 1 saturated heterocycles. The van der Waals surface area contributed by atoms with Crippen molar-refractivity contribution >= 4 is 5.91 Å². The maximum Gasteiger partial charge on any atom is 0.234 e. The maximum atomic E-state index is 11.6. The van der Waals surface area contributed by atoms with E-state index in [-0.39, 0.29) is 5.91 Å². The van der Waals surface area contributed by atoms with Gasteiger partial charge in [0, 0.05) is 18.6 Å². The van der Waals surface area contributed by atoms with Gasteiger partial charge in [-0.2, -0.15) is 0 Å². The SMILES string of the molecule is CNCCC1CN(C2CCCC2)CC(=O)N1. The normalized spacial score (nSPS) is 28.3. The minimum atomic E-state index is 0.208. The van der Waals surface area contributed by atoms with Crippen molar-refractivity contribution in [2.45, 2.75) is 44.2 Å². The van der Waals surface area contributed by atoms with Crippen LogP contribution in [0.4, 0.5) is 0 Å². The quantitative estimate of drug-likeness (QED) is 0.725. The molecular weight excluding hydrogens is 202 g/mol. The molecule has 1 amide bonds. The van der Waals surface area contributed by atoms with Crippen LogP contribution in [0, 0.1) is 0 Å². The second kappa shape index (κ2) is 5.64. The van der Waals surface area contributed by atoms with Gasteiger partial charge in [0.15, 0.2) is 0 Å². The van der Waals surface area contributed by atoms with E-state index >= 15 is 0 Å². The first kappa shape index (κ1) is 11.9. The molecule has 1 unspecified atom stereocenters. The Morgan fingerprint density at radius 1 is 1.44 bits per heavy atom. The molecule has 1 saturated carbocycles.